The van der Waals surface area contributed by atoms with Gasteiger partial charge in [0.2, 0.25) is 0 Å². The van der Waals surface area contributed by atoms with E-state index in [0.29, 0.717) is 35.1 Å². The molecule has 3 rings (SSSR count). The number of nitrogens with zero attached hydrogens (tertiary/aromatic N) is 4. The predicted molar refractivity (Wildman–Crippen MR) is 97.9 cm³/mol. The molecule has 0 saturated heterocycles. The van der Waals surface area contributed by atoms with E-state index < -0.39 is 0 Å². The SMILES string of the molecule is COCCn1c(=NC(=O)c2ccnn2C)sc2c(OC)ccc(OC)c21. The lowest BCUT2D eigenvalue weighted by atomic mass is 10.3. The quantitative estimate of drug-likeness (QED) is 0.656. The minimum absolute atomic E-state index is 0.361. The summed E-state index contributed by atoms with van der Waals surface area (Å²) in [4.78, 5) is 17.4. The molecule has 26 heavy (non-hydrogen) atoms. The first-order valence-electron chi connectivity index (χ1n) is 7.91. The lowest BCUT2D eigenvalue weighted by Gasteiger charge is -2.09. The molecule has 8 nitrogen and oxygen atoms in total. The van der Waals surface area contributed by atoms with Crippen molar-refractivity contribution in [2.75, 3.05) is 27.9 Å². The summed E-state index contributed by atoms with van der Waals surface area (Å²) in [5.74, 6) is 1.02. The molecule has 0 aliphatic carbocycles. The van der Waals surface area contributed by atoms with Crippen LogP contribution in [0.2, 0.25) is 0 Å². The number of rotatable bonds is 6. The van der Waals surface area contributed by atoms with Crippen LogP contribution in [0.4, 0.5) is 0 Å². The maximum absolute atomic E-state index is 12.6. The first kappa shape index (κ1) is 18.2. The van der Waals surface area contributed by atoms with Crippen molar-refractivity contribution in [2.24, 2.45) is 12.0 Å². The van der Waals surface area contributed by atoms with Crippen LogP contribution in [0, 0.1) is 0 Å². The van der Waals surface area contributed by atoms with Crippen molar-refractivity contribution >= 4 is 27.5 Å². The van der Waals surface area contributed by atoms with Crippen LogP contribution in [0.1, 0.15) is 10.5 Å². The highest BCUT2D eigenvalue weighted by Crippen LogP contribution is 2.35. The van der Waals surface area contributed by atoms with E-state index in [2.05, 4.69) is 10.1 Å². The number of benzene rings is 1. The number of ether oxygens (including phenoxy) is 3. The van der Waals surface area contributed by atoms with Crippen LogP contribution in [-0.4, -0.2) is 48.2 Å². The maximum atomic E-state index is 12.6. The van der Waals surface area contributed by atoms with Crippen LogP contribution in [0.15, 0.2) is 29.4 Å². The van der Waals surface area contributed by atoms with Gasteiger partial charge < -0.3 is 18.8 Å². The number of amides is 1. The van der Waals surface area contributed by atoms with E-state index in [1.165, 1.54) is 16.0 Å². The lowest BCUT2D eigenvalue weighted by Crippen LogP contribution is -2.20. The largest absolute Gasteiger partial charge is 0.495 e. The fraction of sp³-hybridized carbons (Fsp3) is 0.353. The second-order valence-corrected chi connectivity index (χ2v) is 6.41. The minimum Gasteiger partial charge on any atom is -0.495 e. The van der Waals surface area contributed by atoms with Crippen LogP contribution in [0.3, 0.4) is 0 Å². The van der Waals surface area contributed by atoms with Crippen LogP contribution in [0.5, 0.6) is 11.5 Å². The molecule has 0 radical (unpaired) electrons. The van der Waals surface area contributed by atoms with Gasteiger partial charge in [-0.2, -0.15) is 10.1 Å². The topological polar surface area (TPSA) is 79.9 Å². The first-order chi connectivity index (χ1) is 12.6. The van der Waals surface area contributed by atoms with Crippen molar-refractivity contribution in [3.63, 3.8) is 0 Å². The van der Waals surface area contributed by atoms with Crippen molar-refractivity contribution < 1.29 is 19.0 Å². The van der Waals surface area contributed by atoms with E-state index in [1.54, 1.807) is 40.6 Å². The number of aryl methyl sites for hydroxylation is 1. The number of hydrogen-bond donors (Lipinski definition) is 0. The van der Waals surface area contributed by atoms with Crippen molar-refractivity contribution in [3.05, 3.63) is 34.9 Å². The van der Waals surface area contributed by atoms with Crippen LogP contribution < -0.4 is 14.3 Å². The molecular weight excluding hydrogens is 356 g/mol. The Labute approximate surface area is 154 Å². The Morgan fingerprint density at radius 2 is 1.92 bits per heavy atom. The zero-order valence-electron chi connectivity index (χ0n) is 15.1. The van der Waals surface area contributed by atoms with Gasteiger partial charge >= 0.3 is 0 Å². The molecule has 0 aliphatic rings. The Hall–Kier alpha value is -2.65. The van der Waals surface area contributed by atoms with Gasteiger partial charge in [-0.25, -0.2) is 0 Å². The summed E-state index contributed by atoms with van der Waals surface area (Å²) >= 11 is 1.37. The van der Waals surface area contributed by atoms with Gasteiger partial charge in [0.25, 0.3) is 5.91 Å². The van der Waals surface area contributed by atoms with Gasteiger partial charge in [-0.1, -0.05) is 11.3 Å². The standard InChI is InChI=1S/C17H20N4O4S/c1-20-11(7-8-18-20)16(22)19-17-21(9-10-23-2)14-12(24-3)5-6-13(25-4)15(14)26-17/h5-8H,9-10H2,1-4H3. The smallest absolute Gasteiger partial charge is 0.297 e. The van der Waals surface area contributed by atoms with Crippen LogP contribution >= 0.6 is 11.3 Å². The number of fused-ring (bicyclic) bond motifs is 1. The summed E-state index contributed by atoms with van der Waals surface area (Å²) in [6.45, 7) is 0.997. The average Bonchev–Trinajstić information content (AvgIpc) is 3.22. The van der Waals surface area contributed by atoms with E-state index in [0.717, 1.165) is 10.2 Å². The summed E-state index contributed by atoms with van der Waals surface area (Å²) in [6.07, 6.45) is 1.57. The molecule has 0 spiro atoms. The van der Waals surface area contributed by atoms with Gasteiger partial charge in [0.05, 0.1) is 20.8 Å². The van der Waals surface area contributed by atoms with Gasteiger partial charge in [0, 0.05) is 26.9 Å². The van der Waals surface area contributed by atoms with Crippen LogP contribution in [0.25, 0.3) is 10.2 Å². The molecule has 3 aromatic rings. The zero-order valence-corrected chi connectivity index (χ0v) is 15.9. The Kier molecular flexibility index (Phi) is 5.38. The molecule has 0 unspecified atom stereocenters. The molecule has 0 aliphatic heterocycles. The highest BCUT2D eigenvalue weighted by molar-refractivity contribution is 7.16. The lowest BCUT2D eigenvalue weighted by molar-refractivity contribution is 0.0988. The second kappa shape index (κ2) is 7.71. The van der Waals surface area contributed by atoms with Crippen molar-refractivity contribution in [2.45, 2.75) is 6.54 Å². The van der Waals surface area contributed by atoms with E-state index in [9.17, 15) is 4.79 Å². The van der Waals surface area contributed by atoms with E-state index in [1.807, 2.05) is 16.7 Å². The van der Waals surface area contributed by atoms with Gasteiger partial charge in [-0.05, 0) is 18.2 Å². The van der Waals surface area contributed by atoms with Gasteiger partial charge in [-0.15, -0.1) is 0 Å². The molecule has 0 atom stereocenters. The molecular formula is C17H20N4O4S. The Bertz CT molecular complexity index is 1000. The summed E-state index contributed by atoms with van der Waals surface area (Å²) in [5, 5.41) is 4.02. The zero-order chi connectivity index (χ0) is 18.7. The summed E-state index contributed by atoms with van der Waals surface area (Å²) in [6, 6.07) is 5.31. The number of aromatic nitrogens is 3. The molecule has 9 heteroatoms. The fourth-order valence-corrected chi connectivity index (χ4v) is 3.82. The molecule has 0 bridgehead atoms. The minimum atomic E-state index is -0.361. The van der Waals surface area contributed by atoms with Crippen LogP contribution in [-0.2, 0) is 18.3 Å². The molecule has 0 fully saturated rings. The average molecular weight is 376 g/mol. The third-order valence-corrected chi connectivity index (χ3v) is 5.04. The molecule has 0 saturated carbocycles. The molecule has 2 heterocycles. The third-order valence-electron chi connectivity index (χ3n) is 3.95. The number of carbonyl (C=O) groups excluding carboxylic acids is 1. The summed E-state index contributed by atoms with van der Waals surface area (Å²) in [5.41, 5.74) is 1.24. The van der Waals surface area contributed by atoms with E-state index in [-0.39, 0.29) is 5.91 Å². The normalized spacial score (nSPS) is 11.9. The Morgan fingerprint density at radius 3 is 2.54 bits per heavy atom. The van der Waals surface area contributed by atoms with E-state index >= 15 is 0 Å². The molecule has 1 amide bonds. The molecule has 0 N–H and O–H groups in total. The second-order valence-electron chi connectivity index (χ2n) is 5.43. The summed E-state index contributed by atoms with van der Waals surface area (Å²) in [7, 11) is 6.55. The molecule has 138 valence electrons. The number of hydrogen-bond acceptors (Lipinski definition) is 6. The first-order valence-corrected chi connectivity index (χ1v) is 8.72. The van der Waals surface area contributed by atoms with E-state index in [4.69, 9.17) is 14.2 Å². The monoisotopic (exact) mass is 376 g/mol. The summed E-state index contributed by atoms with van der Waals surface area (Å²) < 4.78 is 20.5. The Morgan fingerprint density at radius 1 is 1.19 bits per heavy atom. The fourth-order valence-electron chi connectivity index (χ4n) is 2.66. The Balaban J connectivity index is 2.25. The highest BCUT2D eigenvalue weighted by Gasteiger charge is 2.17. The van der Waals surface area contributed by atoms with Crippen molar-refractivity contribution in [1.29, 1.82) is 0 Å². The molecule has 1 aromatic carbocycles. The number of carbonyl (C=O) groups is 1. The van der Waals surface area contributed by atoms with Gasteiger partial charge in [-0.3, -0.25) is 9.48 Å². The predicted octanol–water partition coefficient (Wildman–Crippen LogP) is 1.84. The van der Waals surface area contributed by atoms with Gasteiger partial charge in [0.15, 0.2) is 4.80 Å². The van der Waals surface area contributed by atoms with Gasteiger partial charge in [0.1, 0.15) is 27.4 Å². The maximum Gasteiger partial charge on any atom is 0.297 e. The van der Waals surface area contributed by atoms with Crippen molar-refractivity contribution in [3.8, 4) is 11.5 Å². The number of methoxy groups -OCH3 is 3. The third kappa shape index (κ3) is 3.23. The highest BCUT2D eigenvalue weighted by atomic mass is 32.1. The molecule has 2 aromatic heterocycles. The number of thiazole rings is 1. The van der Waals surface area contributed by atoms with Crippen molar-refractivity contribution in [1.82, 2.24) is 14.3 Å².